The van der Waals surface area contributed by atoms with E-state index in [-0.39, 0.29) is 23.8 Å². The van der Waals surface area contributed by atoms with Gasteiger partial charge in [-0.2, -0.15) is 0 Å². The predicted octanol–water partition coefficient (Wildman–Crippen LogP) is 5.79. The van der Waals surface area contributed by atoms with E-state index in [1.165, 1.54) is 17.0 Å². The Morgan fingerprint density at radius 1 is 1.00 bits per heavy atom. The van der Waals surface area contributed by atoms with Crippen molar-refractivity contribution >= 4 is 34.4 Å². The number of phenolic OH excluding ortho intramolecular Hbond substituents is 1. The van der Waals surface area contributed by atoms with E-state index in [1.54, 1.807) is 58.9 Å². The molecule has 0 heterocycles. The molecular weight excluding hydrogens is 494 g/mol. The summed E-state index contributed by atoms with van der Waals surface area (Å²) < 4.78 is 5.37. The van der Waals surface area contributed by atoms with Gasteiger partial charge >= 0.3 is 6.09 Å². The van der Waals surface area contributed by atoms with Crippen LogP contribution in [0.2, 0.25) is 0 Å². The molecule has 8 heteroatoms. The van der Waals surface area contributed by atoms with Crippen LogP contribution >= 0.6 is 0 Å². The second-order valence-electron chi connectivity index (χ2n) is 10.7. The van der Waals surface area contributed by atoms with Crippen LogP contribution in [0.15, 0.2) is 79.4 Å². The number of phenols is 1. The van der Waals surface area contributed by atoms with Crippen molar-refractivity contribution < 1.29 is 24.2 Å². The van der Waals surface area contributed by atoms with Gasteiger partial charge in [0, 0.05) is 17.8 Å². The average molecular weight is 532 g/mol. The van der Waals surface area contributed by atoms with Gasteiger partial charge in [0.2, 0.25) is 5.91 Å². The number of nitrogens with zero attached hydrogens (tertiary/aromatic N) is 1. The molecule has 3 aromatic rings. The van der Waals surface area contributed by atoms with E-state index < -0.39 is 35.6 Å². The lowest BCUT2D eigenvalue weighted by Crippen LogP contribution is -2.54. The van der Waals surface area contributed by atoms with Crippen LogP contribution in [-0.2, 0) is 14.3 Å². The highest BCUT2D eigenvalue weighted by Gasteiger charge is 2.38. The number of nitrogens with one attached hydrogen (secondary N) is 2. The minimum absolute atomic E-state index is 0.0117. The molecule has 2 unspecified atom stereocenters. The summed E-state index contributed by atoms with van der Waals surface area (Å²) in [4.78, 5) is 41.7. The van der Waals surface area contributed by atoms with Crippen molar-refractivity contribution in [1.82, 2.24) is 10.2 Å². The van der Waals surface area contributed by atoms with Gasteiger partial charge in [0.25, 0.3) is 5.91 Å². The standard InChI is InChI=1S/C31H37N3O5/c1-7-18-34(29(37)26(20(2)3)33-30(38)39-31(4,5)6)27(24-14-10-11-15-25(24)35)28(36)32-23-17-16-21-12-8-9-13-22(21)19-23/h7-17,19-20,26-27,35H,1,18H2,2-6H3,(H,32,36)(H,33,38). The van der Waals surface area contributed by atoms with Crippen LogP contribution in [0.5, 0.6) is 5.75 Å². The van der Waals surface area contributed by atoms with E-state index in [4.69, 9.17) is 4.74 Å². The van der Waals surface area contributed by atoms with Gasteiger partial charge in [-0.05, 0) is 55.7 Å². The Kier molecular flexibility index (Phi) is 9.35. The molecule has 0 bridgehead atoms. The molecule has 0 spiro atoms. The number of fused-ring (bicyclic) bond motifs is 1. The fraction of sp³-hybridized carbons (Fsp3) is 0.323. The Morgan fingerprint density at radius 3 is 2.26 bits per heavy atom. The van der Waals surface area contributed by atoms with Crippen LogP contribution in [0, 0.1) is 5.92 Å². The first-order chi connectivity index (χ1) is 18.4. The quantitative estimate of drug-likeness (QED) is 0.303. The van der Waals surface area contributed by atoms with E-state index in [2.05, 4.69) is 17.2 Å². The molecule has 39 heavy (non-hydrogen) atoms. The number of alkyl carbamates (subject to hydrolysis) is 1. The van der Waals surface area contributed by atoms with Gasteiger partial charge in [-0.15, -0.1) is 6.58 Å². The Morgan fingerprint density at radius 2 is 1.64 bits per heavy atom. The Balaban J connectivity index is 2.01. The molecule has 206 valence electrons. The highest BCUT2D eigenvalue weighted by Crippen LogP contribution is 2.31. The number of amides is 3. The molecule has 3 aromatic carbocycles. The molecule has 3 rings (SSSR count). The number of rotatable bonds is 9. The van der Waals surface area contributed by atoms with Gasteiger partial charge in [0.15, 0.2) is 0 Å². The van der Waals surface area contributed by atoms with Crippen molar-refractivity contribution in [2.45, 2.75) is 52.3 Å². The number of benzene rings is 3. The molecule has 0 saturated carbocycles. The Bertz CT molecular complexity index is 1350. The summed E-state index contributed by atoms with van der Waals surface area (Å²) in [5.41, 5.74) is 0.0243. The minimum atomic E-state index is -1.22. The molecule has 0 fully saturated rings. The highest BCUT2D eigenvalue weighted by molar-refractivity contribution is 6.00. The zero-order valence-electron chi connectivity index (χ0n) is 23.1. The second kappa shape index (κ2) is 12.5. The second-order valence-corrected chi connectivity index (χ2v) is 10.7. The largest absolute Gasteiger partial charge is 0.508 e. The first kappa shape index (κ1) is 29.2. The third-order valence-corrected chi connectivity index (χ3v) is 6.02. The Hall–Kier alpha value is -4.33. The molecular formula is C31H37N3O5. The van der Waals surface area contributed by atoms with E-state index in [9.17, 15) is 19.5 Å². The lowest BCUT2D eigenvalue weighted by atomic mass is 9.98. The zero-order valence-corrected chi connectivity index (χ0v) is 23.1. The van der Waals surface area contributed by atoms with E-state index in [1.807, 2.05) is 36.4 Å². The number of hydrogen-bond donors (Lipinski definition) is 3. The minimum Gasteiger partial charge on any atom is -0.508 e. The molecule has 3 amide bonds. The molecule has 0 saturated heterocycles. The summed E-state index contributed by atoms with van der Waals surface area (Å²) in [6.07, 6.45) is 0.756. The maximum absolute atomic E-state index is 14.0. The number of para-hydroxylation sites is 1. The van der Waals surface area contributed by atoms with E-state index >= 15 is 0 Å². The van der Waals surface area contributed by atoms with Gasteiger partial charge in [0.1, 0.15) is 23.4 Å². The van der Waals surface area contributed by atoms with E-state index in [0.29, 0.717) is 5.69 Å². The predicted molar refractivity (Wildman–Crippen MR) is 153 cm³/mol. The van der Waals surface area contributed by atoms with Gasteiger partial charge < -0.3 is 25.4 Å². The summed E-state index contributed by atoms with van der Waals surface area (Å²) in [5.74, 6) is -1.51. The van der Waals surface area contributed by atoms with E-state index in [0.717, 1.165) is 10.8 Å². The zero-order chi connectivity index (χ0) is 28.7. The van der Waals surface area contributed by atoms with Crippen molar-refractivity contribution in [3.8, 4) is 5.75 Å². The highest BCUT2D eigenvalue weighted by atomic mass is 16.6. The molecule has 2 atom stereocenters. The first-order valence-electron chi connectivity index (χ1n) is 12.9. The topological polar surface area (TPSA) is 108 Å². The summed E-state index contributed by atoms with van der Waals surface area (Å²) in [6, 6.07) is 17.4. The van der Waals surface area contributed by atoms with Gasteiger partial charge in [-0.3, -0.25) is 9.59 Å². The van der Waals surface area contributed by atoms with Gasteiger partial charge in [-0.1, -0.05) is 68.5 Å². The maximum atomic E-state index is 14.0. The number of aromatic hydroxyl groups is 1. The summed E-state index contributed by atoms with van der Waals surface area (Å²) in [7, 11) is 0. The molecule has 8 nitrogen and oxygen atoms in total. The van der Waals surface area contributed by atoms with Crippen LogP contribution in [0.25, 0.3) is 10.8 Å². The third-order valence-electron chi connectivity index (χ3n) is 6.02. The van der Waals surface area contributed by atoms with Crippen LogP contribution in [-0.4, -0.2) is 46.1 Å². The monoisotopic (exact) mass is 531 g/mol. The number of carbonyl (C=O) groups excluding carboxylic acids is 3. The number of ether oxygens (including phenoxy) is 1. The third kappa shape index (κ3) is 7.60. The normalized spacial score (nSPS) is 12.9. The lowest BCUT2D eigenvalue weighted by Gasteiger charge is -2.35. The smallest absolute Gasteiger partial charge is 0.408 e. The fourth-order valence-corrected chi connectivity index (χ4v) is 4.24. The van der Waals surface area contributed by atoms with Crippen LogP contribution in [0.1, 0.15) is 46.2 Å². The van der Waals surface area contributed by atoms with Crippen LogP contribution < -0.4 is 10.6 Å². The van der Waals surface area contributed by atoms with Gasteiger partial charge in [-0.25, -0.2) is 4.79 Å². The fourth-order valence-electron chi connectivity index (χ4n) is 4.24. The van der Waals surface area contributed by atoms with Crippen molar-refractivity contribution in [3.05, 3.63) is 84.9 Å². The average Bonchev–Trinajstić information content (AvgIpc) is 2.86. The molecule has 0 aliphatic carbocycles. The molecule has 0 aliphatic heterocycles. The Labute approximate surface area is 229 Å². The number of carbonyl (C=O) groups is 3. The van der Waals surface area contributed by atoms with Crippen molar-refractivity contribution in [2.75, 3.05) is 11.9 Å². The number of hydrogen-bond acceptors (Lipinski definition) is 5. The molecule has 0 aliphatic rings. The SMILES string of the molecule is C=CCN(C(=O)C(NC(=O)OC(C)(C)C)C(C)C)C(C(=O)Nc1ccc2ccccc2c1)c1ccccc1O. The van der Waals surface area contributed by atoms with Crippen molar-refractivity contribution in [2.24, 2.45) is 5.92 Å². The number of anilines is 1. The first-order valence-corrected chi connectivity index (χ1v) is 12.9. The van der Waals surface area contributed by atoms with Gasteiger partial charge in [0.05, 0.1) is 0 Å². The summed E-state index contributed by atoms with van der Waals surface area (Å²) >= 11 is 0. The maximum Gasteiger partial charge on any atom is 0.408 e. The van der Waals surface area contributed by atoms with Crippen LogP contribution in [0.4, 0.5) is 10.5 Å². The van der Waals surface area contributed by atoms with Crippen molar-refractivity contribution in [1.29, 1.82) is 0 Å². The molecule has 0 radical (unpaired) electrons. The van der Waals surface area contributed by atoms with Crippen molar-refractivity contribution in [3.63, 3.8) is 0 Å². The summed E-state index contributed by atoms with van der Waals surface area (Å²) in [5, 5.41) is 18.2. The molecule has 3 N–H and O–H groups in total. The summed E-state index contributed by atoms with van der Waals surface area (Å²) in [6.45, 7) is 12.5. The van der Waals surface area contributed by atoms with Crippen LogP contribution in [0.3, 0.4) is 0 Å². The lowest BCUT2D eigenvalue weighted by molar-refractivity contribution is -0.141. The molecule has 0 aromatic heterocycles.